The van der Waals surface area contributed by atoms with Crippen LogP contribution in [0.2, 0.25) is 0 Å². The Kier molecular flexibility index (Phi) is 6.59. The van der Waals surface area contributed by atoms with E-state index in [9.17, 15) is 9.59 Å². The van der Waals surface area contributed by atoms with Crippen LogP contribution in [0, 0.1) is 0 Å². The molecule has 0 fully saturated rings. The molecule has 0 radical (unpaired) electrons. The average Bonchev–Trinajstić information content (AvgIpc) is 3.32. The lowest BCUT2D eigenvalue weighted by molar-refractivity contribution is -0.133. The number of hydrogen-bond donors (Lipinski definition) is 1. The van der Waals surface area contributed by atoms with Gasteiger partial charge in [-0.05, 0) is 53.6 Å². The van der Waals surface area contributed by atoms with Crippen molar-refractivity contribution in [3.8, 4) is 17.2 Å². The number of benzene rings is 3. The molecular weight excluding hydrogens is 420 g/mol. The van der Waals surface area contributed by atoms with E-state index in [1.54, 1.807) is 56.6 Å². The second kappa shape index (κ2) is 9.91. The minimum Gasteiger partial charge on any atom is -0.497 e. The number of hydrogen-bond acceptors (Lipinski definition) is 5. The van der Waals surface area contributed by atoms with Crippen LogP contribution in [0.1, 0.15) is 17.2 Å². The van der Waals surface area contributed by atoms with Crippen LogP contribution in [0.3, 0.4) is 0 Å². The predicted octanol–water partition coefficient (Wildman–Crippen LogP) is 4.28. The zero-order chi connectivity index (χ0) is 23.2. The Bertz CT molecular complexity index is 1160. The van der Waals surface area contributed by atoms with Crippen molar-refractivity contribution in [1.82, 2.24) is 4.90 Å². The average molecular weight is 444 g/mol. The van der Waals surface area contributed by atoms with E-state index < -0.39 is 6.04 Å². The first-order chi connectivity index (χ1) is 16.0. The third-order valence-corrected chi connectivity index (χ3v) is 5.27. The Labute approximate surface area is 192 Å². The molecular formula is C26H24N2O5. The van der Waals surface area contributed by atoms with Crippen molar-refractivity contribution in [2.75, 3.05) is 26.3 Å². The van der Waals surface area contributed by atoms with Crippen LogP contribution in [0.4, 0.5) is 5.69 Å². The normalized spacial score (nSPS) is 12.9. The number of carbonyl (C=O) groups is 2. The van der Waals surface area contributed by atoms with Crippen molar-refractivity contribution in [2.45, 2.75) is 6.04 Å². The number of carbonyl (C=O) groups excluding carboxylic acids is 2. The topological polar surface area (TPSA) is 77.1 Å². The second-order valence-corrected chi connectivity index (χ2v) is 7.43. The van der Waals surface area contributed by atoms with Gasteiger partial charge in [0.2, 0.25) is 12.7 Å². The minimum atomic E-state index is -0.817. The molecule has 0 saturated heterocycles. The van der Waals surface area contributed by atoms with Crippen LogP contribution in [-0.4, -0.2) is 37.7 Å². The summed E-state index contributed by atoms with van der Waals surface area (Å²) in [6.07, 6.45) is 3.12. The van der Waals surface area contributed by atoms with Gasteiger partial charge in [0.25, 0.3) is 5.91 Å². The summed E-state index contributed by atoms with van der Waals surface area (Å²) < 4.78 is 15.9. The highest BCUT2D eigenvalue weighted by atomic mass is 16.7. The lowest BCUT2D eigenvalue weighted by Crippen LogP contribution is -2.37. The van der Waals surface area contributed by atoms with Gasteiger partial charge < -0.3 is 24.4 Å². The van der Waals surface area contributed by atoms with Crippen molar-refractivity contribution in [3.63, 3.8) is 0 Å². The molecule has 0 saturated carbocycles. The SMILES string of the molecule is COc1ccc(NC(=O)C(c2ccccc2)N(C)C(=O)/C=C\c2ccc3c(c2)OCO3)cc1. The number of amides is 2. The summed E-state index contributed by atoms with van der Waals surface area (Å²) in [5, 5.41) is 2.89. The fourth-order valence-corrected chi connectivity index (χ4v) is 3.50. The van der Waals surface area contributed by atoms with Crippen molar-refractivity contribution < 1.29 is 23.8 Å². The van der Waals surface area contributed by atoms with Gasteiger partial charge in [0.05, 0.1) is 7.11 Å². The van der Waals surface area contributed by atoms with Gasteiger partial charge >= 0.3 is 0 Å². The number of anilines is 1. The molecule has 3 aromatic carbocycles. The van der Waals surface area contributed by atoms with Crippen LogP contribution in [-0.2, 0) is 9.59 Å². The highest BCUT2D eigenvalue weighted by Gasteiger charge is 2.27. The maximum absolute atomic E-state index is 13.2. The molecule has 1 atom stereocenters. The minimum absolute atomic E-state index is 0.187. The number of fused-ring (bicyclic) bond motifs is 1. The molecule has 7 heteroatoms. The molecule has 1 aliphatic heterocycles. The summed E-state index contributed by atoms with van der Waals surface area (Å²) >= 11 is 0. The van der Waals surface area contributed by atoms with Gasteiger partial charge in [-0.3, -0.25) is 9.59 Å². The fourth-order valence-electron chi connectivity index (χ4n) is 3.50. The molecule has 1 N–H and O–H groups in total. The van der Waals surface area contributed by atoms with Crippen molar-refractivity contribution in [2.24, 2.45) is 0 Å². The Morgan fingerprint density at radius 2 is 1.73 bits per heavy atom. The molecule has 0 aliphatic carbocycles. The Hall–Kier alpha value is -4.26. The van der Waals surface area contributed by atoms with E-state index in [4.69, 9.17) is 14.2 Å². The lowest BCUT2D eigenvalue weighted by atomic mass is 10.0. The third-order valence-electron chi connectivity index (χ3n) is 5.27. The predicted molar refractivity (Wildman–Crippen MR) is 125 cm³/mol. The smallest absolute Gasteiger partial charge is 0.251 e. The fraction of sp³-hybridized carbons (Fsp3) is 0.154. The quantitative estimate of drug-likeness (QED) is 0.551. The summed E-state index contributed by atoms with van der Waals surface area (Å²) in [4.78, 5) is 27.6. The van der Waals surface area contributed by atoms with E-state index in [2.05, 4.69) is 5.32 Å². The van der Waals surface area contributed by atoms with E-state index >= 15 is 0 Å². The third kappa shape index (κ3) is 5.15. The van der Waals surface area contributed by atoms with Gasteiger partial charge in [-0.15, -0.1) is 0 Å². The first-order valence-corrected chi connectivity index (χ1v) is 10.4. The number of nitrogens with zero attached hydrogens (tertiary/aromatic N) is 1. The zero-order valence-corrected chi connectivity index (χ0v) is 18.4. The van der Waals surface area contributed by atoms with Crippen molar-refractivity contribution in [3.05, 3.63) is 90.0 Å². The summed E-state index contributed by atoms with van der Waals surface area (Å²) in [7, 11) is 3.19. The van der Waals surface area contributed by atoms with E-state index in [0.717, 1.165) is 5.56 Å². The number of likely N-dealkylation sites (N-methyl/N-ethyl adjacent to an activating group) is 1. The van der Waals surface area contributed by atoms with Gasteiger partial charge in [-0.25, -0.2) is 0 Å². The number of ether oxygens (including phenoxy) is 3. The molecule has 3 aromatic rings. The van der Waals surface area contributed by atoms with Gasteiger partial charge in [-0.1, -0.05) is 36.4 Å². The van der Waals surface area contributed by atoms with E-state index in [-0.39, 0.29) is 18.6 Å². The van der Waals surface area contributed by atoms with E-state index in [0.29, 0.717) is 28.5 Å². The molecule has 7 nitrogen and oxygen atoms in total. The summed E-state index contributed by atoms with van der Waals surface area (Å²) in [6, 6.07) is 20.8. The van der Waals surface area contributed by atoms with Gasteiger partial charge in [0.1, 0.15) is 11.8 Å². The van der Waals surface area contributed by atoms with Crippen LogP contribution in [0.25, 0.3) is 6.08 Å². The largest absolute Gasteiger partial charge is 0.497 e. The van der Waals surface area contributed by atoms with E-state index in [1.807, 2.05) is 36.4 Å². The molecule has 1 unspecified atom stereocenters. The van der Waals surface area contributed by atoms with Crippen molar-refractivity contribution in [1.29, 1.82) is 0 Å². The summed E-state index contributed by atoms with van der Waals surface area (Å²) in [6.45, 7) is 0.187. The molecule has 33 heavy (non-hydrogen) atoms. The first kappa shape index (κ1) is 22.0. The highest BCUT2D eigenvalue weighted by Crippen LogP contribution is 2.33. The number of rotatable bonds is 7. The van der Waals surface area contributed by atoms with Crippen LogP contribution in [0.5, 0.6) is 17.2 Å². The Morgan fingerprint density at radius 1 is 1.00 bits per heavy atom. The second-order valence-electron chi connectivity index (χ2n) is 7.43. The summed E-state index contributed by atoms with van der Waals surface area (Å²) in [5.74, 6) is 1.37. The molecule has 0 bridgehead atoms. The molecule has 0 aromatic heterocycles. The maximum atomic E-state index is 13.2. The molecule has 168 valence electrons. The van der Waals surface area contributed by atoms with E-state index in [1.165, 1.54) is 11.0 Å². The number of nitrogens with one attached hydrogen (secondary N) is 1. The van der Waals surface area contributed by atoms with Crippen molar-refractivity contribution >= 4 is 23.6 Å². The Balaban J connectivity index is 1.53. The molecule has 1 aliphatic rings. The summed E-state index contributed by atoms with van der Waals surface area (Å²) in [5.41, 5.74) is 2.11. The van der Waals surface area contributed by atoms with Crippen LogP contribution in [0.15, 0.2) is 78.9 Å². The van der Waals surface area contributed by atoms with Crippen LogP contribution < -0.4 is 19.5 Å². The highest BCUT2D eigenvalue weighted by molar-refractivity contribution is 6.00. The lowest BCUT2D eigenvalue weighted by Gasteiger charge is -2.27. The molecule has 4 rings (SSSR count). The maximum Gasteiger partial charge on any atom is 0.251 e. The number of methoxy groups -OCH3 is 1. The van der Waals surface area contributed by atoms with Crippen LogP contribution >= 0.6 is 0 Å². The van der Waals surface area contributed by atoms with Gasteiger partial charge in [0, 0.05) is 18.8 Å². The zero-order valence-electron chi connectivity index (χ0n) is 18.4. The monoisotopic (exact) mass is 444 g/mol. The molecule has 2 amide bonds. The Morgan fingerprint density at radius 3 is 2.45 bits per heavy atom. The van der Waals surface area contributed by atoms with Gasteiger partial charge in [-0.2, -0.15) is 0 Å². The first-order valence-electron chi connectivity index (χ1n) is 10.4. The molecule has 1 heterocycles. The van der Waals surface area contributed by atoms with Gasteiger partial charge in [0.15, 0.2) is 11.5 Å². The molecule has 0 spiro atoms. The standard InChI is InChI=1S/C26H24N2O5/c1-28(24(29)15-9-18-8-14-22-23(16-18)33-17-32-22)25(19-6-4-3-5-7-19)26(30)27-20-10-12-21(31-2)13-11-20/h3-16,25H,17H2,1-2H3,(H,27,30)/b15-9-.